The largest absolute Gasteiger partial charge is 0.462 e. The predicted molar refractivity (Wildman–Crippen MR) is 103 cm³/mol. The molecule has 2 rings (SSSR count). The smallest absolute Gasteiger partial charge is 0.306 e. The van der Waals surface area contributed by atoms with Crippen molar-refractivity contribution in [3.05, 3.63) is 0 Å². The van der Waals surface area contributed by atoms with E-state index in [0.29, 0.717) is 12.8 Å². The van der Waals surface area contributed by atoms with Crippen molar-refractivity contribution in [2.45, 2.75) is 128 Å². The van der Waals surface area contributed by atoms with Gasteiger partial charge < -0.3 is 9.47 Å². The Morgan fingerprint density at radius 3 is 1.27 bits per heavy atom. The molecule has 4 heteroatoms. The number of unbranched alkanes of at least 4 members (excludes halogenated alkanes) is 5. The van der Waals surface area contributed by atoms with Crippen LogP contribution in [0, 0.1) is 0 Å². The van der Waals surface area contributed by atoms with Crippen molar-refractivity contribution >= 4 is 11.9 Å². The lowest BCUT2D eigenvalue weighted by molar-refractivity contribution is -0.151. The normalized spacial score (nSPS) is 19.2. The van der Waals surface area contributed by atoms with Gasteiger partial charge in [-0.05, 0) is 64.2 Å². The van der Waals surface area contributed by atoms with Crippen molar-refractivity contribution in [3.8, 4) is 0 Å². The third-order valence-corrected chi connectivity index (χ3v) is 5.71. The van der Waals surface area contributed by atoms with Crippen LogP contribution in [0.5, 0.6) is 0 Å². The molecule has 2 aliphatic rings. The molecule has 0 heterocycles. The molecule has 2 fully saturated rings. The highest BCUT2D eigenvalue weighted by molar-refractivity contribution is 5.69. The third kappa shape index (κ3) is 9.59. The van der Waals surface area contributed by atoms with Gasteiger partial charge in [0, 0.05) is 12.8 Å². The lowest BCUT2D eigenvalue weighted by atomic mass is 9.98. The maximum Gasteiger partial charge on any atom is 0.306 e. The number of ether oxygens (including phenoxy) is 2. The summed E-state index contributed by atoms with van der Waals surface area (Å²) in [5.41, 5.74) is 0. The Hall–Kier alpha value is -1.06. The summed E-state index contributed by atoms with van der Waals surface area (Å²) in [5, 5.41) is 0. The van der Waals surface area contributed by atoms with Crippen molar-refractivity contribution in [2.75, 3.05) is 0 Å². The molecule has 2 aliphatic carbocycles. The second kappa shape index (κ2) is 13.2. The Balaban J connectivity index is 1.36. The molecule has 4 nitrogen and oxygen atoms in total. The van der Waals surface area contributed by atoms with Crippen LogP contribution in [0.4, 0.5) is 0 Å². The first-order valence-corrected chi connectivity index (χ1v) is 11.1. The van der Waals surface area contributed by atoms with Crippen LogP contribution in [0.15, 0.2) is 0 Å². The quantitative estimate of drug-likeness (QED) is 0.339. The highest BCUT2D eigenvalue weighted by atomic mass is 16.5. The van der Waals surface area contributed by atoms with E-state index in [4.69, 9.17) is 9.47 Å². The maximum atomic E-state index is 11.8. The van der Waals surface area contributed by atoms with Crippen LogP contribution < -0.4 is 0 Å². The van der Waals surface area contributed by atoms with E-state index in [-0.39, 0.29) is 24.1 Å². The predicted octanol–water partition coefficient (Wildman–Crippen LogP) is 5.86. The Bertz CT molecular complexity index is 357. The second-order valence-corrected chi connectivity index (χ2v) is 8.12. The standard InChI is InChI=1S/C22H38O4/c23-21(25-19-13-7-5-8-14-19)17-11-3-1-2-4-12-18-22(24)26-20-15-9-6-10-16-20/h19-20H,1-18H2. The van der Waals surface area contributed by atoms with Gasteiger partial charge in [0.05, 0.1) is 0 Å². The highest BCUT2D eigenvalue weighted by Crippen LogP contribution is 2.22. The zero-order valence-corrected chi connectivity index (χ0v) is 16.5. The van der Waals surface area contributed by atoms with Crippen LogP contribution in [-0.4, -0.2) is 24.1 Å². The molecule has 150 valence electrons. The lowest BCUT2D eigenvalue weighted by Crippen LogP contribution is -2.20. The fourth-order valence-electron chi connectivity index (χ4n) is 4.10. The number of carbonyl (C=O) groups excluding carboxylic acids is 2. The first-order chi connectivity index (χ1) is 12.7. The Kier molecular flexibility index (Phi) is 10.8. The molecule has 0 spiro atoms. The van der Waals surface area contributed by atoms with Crippen LogP contribution in [0.25, 0.3) is 0 Å². The monoisotopic (exact) mass is 366 g/mol. The van der Waals surface area contributed by atoms with Gasteiger partial charge in [-0.25, -0.2) is 0 Å². The highest BCUT2D eigenvalue weighted by Gasteiger charge is 2.18. The molecule has 0 saturated heterocycles. The minimum Gasteiger partial charge on any atom is -0.462 e. The fourth-order valence-corrected chi connectivity index (χ4v) is 4.10. The average molecular weight is 367 g/mol. The summed E-state index contributed by atoms with van der Waals surface area (Å²) in [6.45, 7) is 0. The van der Waals surface area contributed by atoms with Gasteiger partial charge in [0.2, 0.25) is 0 Å². The summed E-state index contributed by atoms with van der Waals surface area (Å²) in [6.07, 6.45) is 19.3. The van der Waals surface area contributed by atoms with E-state index < -0.39 is 0 Å². The average Bonchev–Trinajstić information content (AvgIpc) is 2.65. The van der Waals surface area contributed by atoms with Crippen molar-refractivity contribution in [1.82, 2.24) is 0 Å². The van der Waals surface area contributed by atoms with Gasteiger partial charge in [0.1, 0.15) is 12.2 Å². The zero-order chi connectivity index (χ0) is 18.5. The number of carbonyl (C=O) groups is 2. The molecule has 0 aromatic carbocycles. The first-order valence-electron chi connectivity index (χ1n) is 11.1. The third-order valence-electron chi connectivity index (χ3n) is 5.71. The summed E-state index contributed by atoms with van der Waals surface area (Å²) in [6, 6.07) is 0. The minimum atomic E-state index is -0.0117. The van der Waals surface area contributed by atoms with E-state index in [1.807, 2.05) is 0 Å². The molecule has 0 N–H and O–H groups in total. The van der Waals surface area contributed by atoms with Crippen molar-refractivity contribution in [2.24, 2.45) is 0 Å². The van der Waals surface area contributed by atoms with Crippen molar-refractivity contribution in [1.29, 1.82) is 0 Å². The summed E-state index contributed by atoms with van der Waals surface area (Å²) in [4.78, 5) is 23.6. The summed E-state index contributed by atoms with van der Waals surface area (Å²) >= 11 is 0. The number of hydrogen-bond acceptors (Lipinski definition) is 4. The van der Waals surface area contributed by atoms with Crippen LogP contribution in [0.2, 0.25) is 0 Å². The van der Waals surface area contributed by atoms with Crippen LogP contribution in [-0.2, 0) is 19.1 Å². The summed E-state index contributed by atoms with van der Waals surface area (Å²) in [5.74, 6) is -0.0234. The van der Waals surface area contributed by atoms with Gasteiger partial charge in [-0.3, -0.25) is 9.59 Å². The van der Waals surface area contributed by atoms with Gasteiger partial charge >= 0.3 is 11.9 Å². The lowest BCUT2D eigenvalue weighted by Gasteiger charge is -2.21. The van der Waals surface area contributed by atoms with Crippen LogP contribution >= 0.6 is 0 Å². The van der Waals surface area contributed by atoms with Crippen LogP contribution in [0.1, 0.15) is 116 Å². The molecule has 26 heavy (non-hydrogen) atoms. The molecular formula is C22H38O4. The Labute approximate surface area is 159 Å². The zero-order valence-electron chi connectivity index (χ0n) is 16.5. The van der Waals surface area contributed by atoms with Crippen LogP contribution in [0.3, 0.4) is 0 Å². The number of rotatable bonds is 11. The van der Waals surface area contributed by atoms with Gasteiger partial charge in [0.25, 0.3) is 0 Å². The van der Waals surface area contributed by atoms with Crippen molar-refractivity contribution in [3.63, 3.8) is 0 Å². The number of esters is 2. The number of hydrogen-bond donors (Lipinski definition) is 0. The molecular weight excluding hydrogens is 328 g/mol. The molecule has 2 saturated carbocycles. The van der Waals surface area contributed by atoms with Gasteiger partial charge in [-0.2, -0.15) is 0 Å². The molecule has 0 radical (unpaired) electrons. The SMILES string of the molecule is O=C(CCCCCCCCC(=O)OC1CCCCC1)OC1CCCCC1. The Morgan fingerprint density at radius 2 is 0.885 bits per heavy atom. The molecule has 0 atom stereocenters. The van der Waals surface area contributed by atoms with Gasteiger partial charge in [-0.1, -0.05) is 38.5 Å². The van der Waals surface area contributed by atoms with Crippen molar-refractivity contribution < 1.29 is 19.1 Å². The Morgan fingerprint density at radius 1 is 0.538 bits per heavy atom. The molecule has 0 aromatic heterocycles. The topological polar surface area (TPSA) is 52.6 Å². The maximum absolute atomic E-state index is 11.8. The first kappa shape index (κ1) is 21.2. The molecule has 0 aromatic rings. The van der Waals surface area contributed by atoms with Gasteiger partial charge in [0.15, 0.2) is 0 Å². The van der Waals surface area contributed by atoms with E-state index >= 15 is 0 Å². The second-order valence-electron chi connectivity index (χ2n) is 8.12. The molecule has 0 aliphatic heterocycles. The van der Waals surface area contributed by atoms with Gasteiger partial charge in [-0.15, -0.1) is 0 Å². The molecule has 0 amide bonds. The minimum absolute atomic E-state index is 0.0117. The van der Waals surface area contributed by atoms with E-state index in [9.17, 15) is 9.59 Å². The molecule has 0 bridgehead atoms. The fraction of sp³-hybridized carbons (Fsp3) is 0.909. The van der Waals surface area contributed by atoms with E-state index in [1.54, 1.807) is 0 Å². The van der Waals surface area contributed by atoms with E-state index in [0.717, 1.165) is 64.2 Å². The van der Waals surface area contributed by atoms with E-state index in [1.165, 1.54) is 38.5 Å². The summed E-state index contributed by atoms with van der Waals surface area (Å²) < 4.78 is 11.1. The summed E-state index contributed by atoms with van der Waals surface area (Å²) in [7, 11) is 0. The van der Waals surface area contributed by atoms with E-state index in [2.05, 4.69) is 0 Å². The molecule has 0 unspecified atom stereocenters.